The number of hydrogen-bond acceptors (Lipinski definition) is 4. The number of carbonyl (C=O) groups is 1. The van der Waals surface area contributed by atoms with Gasteiger partial charge in [-0.3, -0.25) is 0 Å². The van der Waals surface area contributed by atoms with Crippen LogP contribution in [0.5, 0.6) is 5.88 Å². The second-order valence-electron chi connectivity index (χ2n) is 5.81. The lowest BCUT2D eigenvalue weighted by Gasteiger charge is -2.12. The molecule has 0 aliphatic heterocycles. The Labute approximate surface area is 162 Å². The first-order valence-electron chi connectivity index (χ1n) is 8.19. The fourth-order valence-electron chi connectivity index (χ4n) is 2.42. The molecule has 3 aromatic rings. The zero-order valence-electron chi connectivity index (χ0n) is 14.9. The Bertz CT molecular complexity index is 1010. The molecule has 0 spiro atoms. The standard InChI is InChI=1S/C19H14F4N4O2/c1-29-17-9-8-16(26-27-17)11-2-4-12(5-3-11)24-18(28)25-13-6-7-15(20)14(10-13)19(21,22)23/h2-10H,1H3,(H2,24,25,28). The van der Waals surface area contributed by atoms with E-state index in [-0.39, 0.29) is 5.69 Å². The second-order valence-corrected chi connectivity index (χ2v) is 5.81. The number of alkyl halides is 3. The molecule has 10 heteroatoms. The first-order valence-corrected chi connectivity index (χ1v) is 8.19. The van der Waals surface area contributed by atoms with Gasteiger partial charge in [0.15, 0.2) is 0 Å². The number of nitrogens with zero attached hydrogens (tertiary/aromatic N) is 2. The monoisotopic (exact) mass is 406 g/mol. The largest absolute Gasteiger partial charge is 0.480 e. The molecule has 0 bridgehead atoms. The van der Waals surface area contributed by atoms with Crippen molar-refractivity contribution in [1.29, 1.82) is 0 Å². The SMILES string of the molecule is COc1ccc(-c2ccc(NC(=O)Nc3ccc(F)c(C(F)(F)F)c3)cc2)nn1. The number of benzene rings is 2. The molecule has 0 saturated carbocycles. The first-order chi connectivity index (χ1) is 13.8. The van der Waals surface area contributed by atoms with E-state index in [1.165, 1.54) is 7.11 Å². The minimum absolute atomic E-state index is 0.193. The number of aromatic nitrogens is 2. The van der Waals surface area contributed by atoms with Crippen LogP contribution in [0, 0.1) is 5.82 Å². The van der Waals surface area contributed by atoms with Crippen molar-refractivity contribution in [1.82, 2.24) is 10.2 Å². The average molecular weight is 406 g/mol. The van der Waals surface area contributed by atoms with Gasteiger partial charge in [0, 0.05) is 23.0 Å². The van der Waals surface area contributed by atoms with E-state index in [2.05, 4.69) is 20.8 Å². The lowest BCUT2D eigenvalue weighted by molar-refractivity contribution is -0.139. The van der Waals surface area contributed by atoms with E-state index in [0.29, 0.717) is 29.4 Å². The predicted molar refractivity (Wildman–Crippen MR) is 98.1 cm³/mol. The van der Waals surface area contributed by atoms with Gasteiger partial charge in [-0.2, -0.15) is 13.2 Å². The summed E-state index contributed by atoms with van der Waals surface area (Å²) in [6.07, 6.45) is -4.86. The normalized spacial score (nSPS) is 11.1. The van der Waals surface area contributed by atoms with Crippen LogP contribution in [0.3, 0.4) is 0 Å². The molecule has 0 fully saturated rings. The molecule has 0 aliphatic carbocycles. The number of urea groups is 1. The van der Waals surface area contributed by atoms with E-state index in [4.69, 9.17) is 4.74 Å². The summed E-state index contributed by atoms with van der Waals surface area (Å²) in [5, 5.41) is 12.6. The minimum atomic E-state index is -4.86. The maximum atomic E-state index is 13.3. The number of hydrogen-bond donors (Lipinski definition) is 2. The lowest BCUT2D eigenvalue weighted by atomic mass is 10.1. The highest BCUT2D eigenvalue weighted by molar-refractivity contribution is 5.99. The Balaban J connectivity index is 1.66. The molecule has 3 rings (SSSR count). The summed E-state index contributed by atoms with van der Waals surface area (Å²) < 4.78 is 56.5. The van der Waals surface area contributed by atoms with Crippen molar-refractivity contribution in [3.05, 3.63) is 66.0 Å². The number of nitrogens with one attached hydrogen (secondary N) is 2. The molecule has 1 heterocycles. The van der Waals surface area contributed by atoms with Crippen LogP contribution in [-0.2, 0) is 6.18 Å². The number of methoxy groups -OCH3 is 1. The summed E-state index contributed by atoms with van der Waals surface area (Å²) in [4.78, 5) is 12.0. The van der Waals surface area contributed by atoms with Gasteiger partial charge in [0.2, 0.25) is 5.88 Å². The van der Waals surface area contributed by atoms with Crippen LogP contribution in [0.2, 0.25) is 0 Å². The van der Waals surface area contributed by atoms with Crippen LogP contribution in [-0.4, -0.2) is 23.3 Å². The van der Waals surface area contributed by atoms with Crippen LogP contribution in [0.15, 0.2) is 54.6 Å². The molecule has 0 radical (unpaired) electrons. The molecule has 150 valence electrons. The van der Waals surface area contributed by atoms with Crippen LogP contribution < -0.4 is 15.4 Å². The van der Waals surface area contributed by atoms with Crippen LogP contribution >= 0.6 is 0 Å². The molecule has 6 nitrogen and oxygen atoms in total. The predicted octanol–water partition coefficient (Wildman–Crippen LogP) is 4.95. The number of ether oxygens (including phenoxy) is 1. The Morgan fingerprint density at radius 1 is 0.931 bits per heavy atom. The van der Waals surface area contributed by atoms with E-state index in [1.54, 1.807) is 36.4 Å². The van der Waals surface area contributed by atoms with Crippen LogP contribution in [0.1, 0.15) is 5.56 Å². The molecular formula is C19H14F4N4O2. The maximum Gasteiger partial charge on any atom is 0.419 e. The van der Waals surface area contributed by atoms with Crippen molar-refractivity contribution in [2.75, 3.05) is 17.7 Å². The van der Waals surface area contributed by atoms with Gasteiger partial charge in [-0.05, 0) is 36.4 Å². The van der Waals surface area contributed by atoms with Crippen molar-refractivity contribution < 1.29 is 27.1 Å². The summed E-state index contributed by atoms with van der Waals surface area (Å²) in [5.41, 5.74) is 0.0692. The highest BCUT2D eigenvalue weighted by Crippen LogP contribution is 2.33. The number of carbonyl (C=O) groups excluding carboxylic acids is 1. The Hall–Kier alpha value is -3.69. The number of anilines is 2. The third kappa shape index (κ3) is 4.98. The molecule has 0 unspecified atom stereocenters. The summed E-state index contributed by atoms with van der Waals surface area (Å²) in [6, 6.07) is 11.4. The second kappa shape index (κ2) is 8.13. The zero-order valence-corrected chi connectivity index (χ0v) is 14.9. The lowest BCUT2D eigenvalue weighted by Crippen LogP contribution is -2.20. The third-order valence-electron chi connectivity index (χ3n) is 3.82. The van der Waals surface area contributed by atoms with E-state index in [0.717, 1.165) is 11.6 Å². The van der Waals surface area contributed by atoms with Crippen LogP contribution in [0.4, 0.5) is 33.7 Å². The van der Waals surface area contributed by atoms with Crippen molar-refractivity contribution in [2.24, 2.45) is 0 Å². The molecule has 29 heavy (non-hydrogen) atoms. The van der Waals surface area contributed by atoms with Gasteiger partial charge in [0.05, 0.1) is 18.4 Å². The van der Waals surface area contributed by atoms with Gasteiger partial charge in [-0.25, -0.2) is 9.18 Å². The van der Waals surface area contributed by atoms with Gasteiger partial charge in [-0.1, -0.05) is 12.1 Å². The smallest absolute Gasteiger partial charge is 0.419 e. The maximum absolute atomic E-state index is 13.3. The molecule has 2 amide bonds. The molecular weight excluding hydrogens is 392 g/mol. The van der Waals surface area contributed by atoms with Gasteiger partial charge in [0.1, 0.15) is 5.82 Å². The zero-order chi connectivity index (χ0) is 21.0. The highest BCUT2D eigenvalue weighted by atomic mass is 19.4. The van der Waals surface area contributed by atoms with Crippen molar-refractivity contribution >= 4 is 17.4 Å². The summed E-state index contributed by atoms with van der Waals surface area (Å²) >= 11 is 0. The topological polar surface area (TPSA) is 76.1 Å². The first kappa shape index (κ1) is 20.1. The van der Waals surface area contributed by atoms with E-state index >= 15 is 0 Å². The minimum Gasteiger partial charge on any atom is -0.480 e. The van der Waals surface area contributed by atoms with Crippen molar-refractivity contribution in [2.45, 2.75) is 6.18 Å². The third-order valence-corrected chi connectivity index (χ3v) is 3.82. The van der Waals surface area contributed by atoms with E-state index in [9.17, 15) is 22.4 Å². The molecule has 2 N–H and O–H groups in total. The van der Waals surface area contributed by atoms with Gasteiger partial charge in [0.25, 0.3) is 0 Å². The van der Waals surface area contributed by atoms with Crippen LogP contribution in [0.25, 0.3) is 11.3 Å². The number of amides is 2. The number of rotatable bonds is 4. The molecule has 2 aromatic carbocycles. The Morgan fingerprint density at radius 2 is 1.59 bits per heavy atom. The molecule has 0 aliphatic rings. The van der Waals surface area contributed by atoms with E-state index in [1.807, 2.05) is 0 Å². The summed E-state index contributed by atoms with van der Waals surface area (Å²) in [7, 11) is 1.48. The molecule has 0 saturated heterocycles. The molecule has 0 atom stereocenters. The van der Waals surface area contributed by atoms with E-state index < -0.39 is 23.6 Å². The molecule has 1 aromatic heterocycles. The summed E-state index contributed by atoms with van der Waals surface area (Å²) in [6.45, 7) is 0. The Kier molecular flexibility index (Phi) is 5.62. The fraction of sp³-hybridized carbons (Fsp3) is 0.105. The van der Waals surface area contributed by atoms with Crippen molar-refractivity contribution in [3.63, 3.8) is 0 Å². The summed E-state index contributed by atoms with van der Waals surface area (Å²) in [5.74, 6) is -1.04. The van der Waals surface area contributed by atoms with Crippen molar-refractivity contribution in [3.8, 4) is 17.1 Å². The van der Waals surface area contributed by atoms with Gasteiger partial charge >= 0.3 is 12.2 Å². The fourth-order valence-corrected chi connectivity index (χ4v) is 2.42. The number of halogens is 4. The average Bonchev–Trinajstić information content (AvgIpc) is 2.69. The quantitative estimate of drug-likeness (QED) is 0.601. The highest BCUT2D eigenvalue weighted by Gasteiger charge is 2.34. The van der Waals surface area contributed by atoms with Gasteiger partial charge < -0.3 is 15.4 Å². The Morgan fingerprint density at radius 3 is 2.17 bits per heavy atom. The van der Waals surface area contributed by atoms with Gasteiger partial charge in [-0.15, -0.1) is 10.2 Å².